The first-order chi connectivity index (χ1) is 10.2. The van der Waals surface area contributed by atoms with E-state index >= 15 is 0 Å². The van der Waals surface area contributed by atoms with Crippen molar-refractivity contribution in [3.05, 3.63) is 48.0 Å². The van der Waals surface area contributed by atoms with Crippen molar-refractivity contribution >= 4 is 5.69 Å². The summed E-state index contributed by atoms with van der Waals surface area (Å²) in [5, 5.41) is 4.02. The molecule has 0 amide bonds. The molecule has 0 aliphatic heterocycles. The predicted molar refractivity (Wildman–Crippen MR) is 80.9 cm³/mol. The Labute approximate surface area is 122 Å². The molecule has 2 aromatic carbocycles. The van der Waals surface area contributed by atoms with E-state index in [9.17, 15) is 0 Å². The van der Waals surface area contributed by atoms with E-state index in [-0.39, 0.29) is 0 Å². The Morgan fingerprint density at radius 3 is 2.62 bits per heavy atom. The van der Waals surface area contributed by atoms with Crippen molar-refractivity contribution < 1.29 is 9.26 Å². The fourth-order valence-corrected chi connectivity index (χ4v) is 2.14. The van der Waals surface area contributed by atoms with E-state index in [1.165, 1.54) is 0 Å². The first-order valence-electron chi connectivity index (χ1n) is 6.53. The molecule has 106 valence electrons. The smallest absolute Gasteiger partial charge is 0.260 e. The summed E-state index contributed by atoms with van der Waals surface area (Å²) in [6.45, 7) is 1.94. The third-order valence-electron chi connectivity index (χ3n) is 3.33. The number of hydrogen-bond acceptors (Lipinski definition) is 5. The Balaban J connectivity index is 2.06. The maximum absolute atomic E-state index is 6.07. The van der Waals surface area contributed by atoms with Crippen molar-refractivity contribution in [1.29, 1.82) is 0 Å². The van der Waals surface area contributed by atoms with E-state index < -0.39 is 0 Å². The van der Waals surface area contributed by atoms with E-state index in [4.69, 9.17) is 15.0 Å². The van der Waals surface area contributed by atoms with Gasteiger partial charge in [-0.05, 0) is 30.7 Å². The minimum absolute atomic E-state index is 0.400. The second kappa shape index (κ2) is 5.28. The normalized spacial score (nSPS) is 10.6. The van der Waals surface area contributed by atoms with Crippen LogP contribution in [0.1, 0.15) is 5.56 Å². The molecule has 0 bridgehead atoms. The molecule has 1 heterocycles. The van der Waals surface area contributed by atoms with E-state index in [0.29, 0.717) is 23.2 Å². The van der Waals surface area contributed by atoms with Crippen LogP contribution in [0.25, 0.3) is 22.8 Å². The summed E-state index contributed by atoms with van der Waals surface area (Å²) in [6, 6.07) is 13.2. The summed E-state index contributed by atoms with van der Waals surface area (Å²) in [7, 11) is 1.61. The number of benzene rings is 2. The van der Waals surface area contributed by atoms with Gasteiger partial charge in [0.2, 0.25) is 5.82 Å². The van der Waals surface area contributed by atoms with Crippen molar-refractivity contribution in [3.63, 3.8) is 0 Å². The standard InChI is InChI=1S/C16H15N3O2/c1-10-6-5-8-12(14(10)17)16-18-15(19-21-16)11-7-3-4-9-13(11)20-2/h3-9H,17H2,1-2H3. The van der Waals surface area contributed by atoms with Gasteiger partial charge in [0.1, 0.15) is 5.75 Å². The van der Waals surface area contributed by atoms with Crippen LogP contribution in [0.2, 0.25) is 0 Å². The predicted octanol–water partition coefficient (Wildman–Crippen LogP) is 3.30. The highest BCUT2D eigenvalue weighted by Gasteiger charge is 2.16. The zero-order valence-electron chi connectivity index (χ0n) is 11.8. The van der Waals surface area contributed by atoms with Crippen molar-refractivity contribution in [3.8, 4) is 28.6 Å². The van der Waals surface area contributed by atoms with Gasteiger partial charge in [0.15, 0.2) is 0 Å². The van der Waals surface area contributed by atoms with Crippen LogP contribution in [0.15, 0.2) is 47.0 Å². The number of ether oxygens (including phenoxy) is 1. The molecule has 1 aromatic heterocycles. The number of nitrogens with two attached hydrogens (primary N) is 1. The molecule has 5 nitrogen and oxygen atoms in total. The molecule has 0 atom stereocenters. The van der Waals surface area contributed by atoms with Crippen LogP contribution in [0.4, 0.5) is 5.69 Å². The largest absolute Gasteiger partial charge is 0.496 e. The number of anilines is 1. The molecule has 0 unspecified atom stereocenters. The van der Waals surface area contributed by atoms with Gasteiger partial charge in [0, 0.05) is 5.69 Å². The molecular formula is C16H15N3O2. The average Bonchev–Trinajstić information content (AvgIpc) is 2.99. The number of aryl methyl sites for hydroxylation is 1. The van der Waals surface area contributed by atoms with Crippen LogP contribution >= 0.6 is 0 Å². The average molecular weight is 281 g/mol. The molecule has 5 heteroatoms. The van der Waals surface area contributed by atoms with E-state index in [2.05, 4.69) is 10.1 Å². The Bertz CT molecular complexity index is 781. The van der Waals surface area contributed by atoms with Crippen LogP contribution in [0.3, 0.4) is 0 Å². The molecule has 3 rings (SSSR count). The molecule has 0 radical (unpaired) electrons. The van der Waals surface area contributed by atoms with Crippen molar-refractivity contribution in [2.75, 3.05) is 12.8 Å². The highest BCUT2D eigenvalue weighted by atomic mass is 16.5. The first kappa shape index (κ1) is 13.2. The van der Waals surface area contributed by atoms with Gasteiger partial charge in [-0.2, -0.15) is 4.98 Å². The number of para-hydroxylation sites is 2. The van der Waals surface area contributed by atoms with Gasteiger partial charge in [-0.1, -0.05) is 29.4 Å². The maximum atomic E-state index is 6.07. The molecule has 0 spiro atoms. The first-order valence-corrected chi connectivity index (χ1v) is 6.53. The molecule has 0 aliphatic carbocycles. The molecule has 0 saturated carbocycles. The lowest BCUT2D eigenvalue weighted by atomic mass is 10.1. The van der Waals surface area contributed by atoms with E-state index in [1.54, 1.807) is 7.11 Å². The number of hydrogen-bond donors (Lipinski definition) is 1. The molecular weight excluding hydrogens is 266 g/mol. The molecule has 0 aliphatic rings. The molecule has 0 saturated heterocycles. The Morgan fingerprint density at radius 2 is 1.81 bits per heavy atom. The van der Waals surface area contributed by atoms with Crippen LogP contribution in [-0.4, -0.2) is 17.3 Å². The number of methoxy groups -OCH3 is 1. The van der Waals surface area contributed by atoms with Crippen molar-refractivity contribution in [2.24, 2.45) is 0 Å². The van der Waals surface area contributed by atoms with Gasteiger partial charge in [0.05, 0.1) is 18.2 Å². The second-order valence-corrected chi connectivity index (χ2v) is 4.66. The highest BCUT2D eigenvalue weighted by Crippen LogP contribution is 2.31. The lowest BCUT2D eigenvalue weighted by molar-refractivity contribution is 0.413. The Hall–Kier alpha value is -2.82. The van der Waals surface area contributed by atoms with Crippen LogP contribution < -0.4 is 10.5 Å². The van der Waals surface area contributed by atoms with Crippen molar-refractivity contribution in [2.45, 2.75) is 6.92 Å². The summed E-state index contributed by atoms with van der Waals surface area (Å²) in [4.78, 5) is 4.42. The molecule has 3 aromatic rings. The summed E-state index contributed by atoms with van der Waals surface area (Å²) in [5.41, 5.74) is 9.21. The summed E-state index contributed by atoms with van der Waals surface area (Å²) < 4.78 is 10.7. The summed E-state index contributed by atoms with van der Waals surface area (Å²) >= 11 is 0. The van der Waals surface area contributed by atoms with Gasteiger partial charge in [-0.15, -0.1) is 0 Å². The summed E-state index contributed by atoms with van der Waals surface area (Å²) in [6.07, 6.45) is 0. The van der Waals surface area contributed by atoms with E-state index in [1.807, 2.05) is 49.4 Å². The lowest BCUT2D eigenvalue weighted by Crippen LogP contribution is -1.93. The number of rotatable bonds is 3. The quantitative estimate of drug-likeness (QED) is 0.745. The zero-order valence-corrected chi connectivity index (χ0v) is 11.8. The van der Waals surface area contributed by atoms with Gasteiger partial charge in [-0.3, -0.25) is 0 Å². The van der Waals surface area contributed by atoms with Crippen LogP contribution in [0, 0.1) is 6.92 Å². The minimum Gasteiger partial charge on any atom is -0.496 e. The fraction of sp³-hybridized carbons (Fsp3) is 0.125. The summed E-state index contributed by atoms with van der Waals surface area (Å²) in [5.74, 6) is 1.57. The van der Waals surface area contributed by atoms with Gasteiger partial charge in [-0.25, -0.2) is 0 Å². The second-order valence-electron chi connectivity index (χ2n) is 4.66. The molecule has 2 N–H and O–H groups in total. The van der Waals surface area contributed by atoms with Gasteiger partial charge in [0.25, 0.3) is 5.89 Å². The number of aromatic nitrogens is 2. The van der Waals surface area contributed by atoms with Crippen molar-refractivity contribution in [1.82, 2.24) is 10.1 Å². The fourth-order valence-electron chi connectivity index (χ4n) is 2.14. The van der Waals surface area contributed by atoms with Gasteiger partial charge >= 0.3 is 0 Å². The Morgan fingerprint density at radius 1 is 1.05 bits per heavy atom. The number of nitrogen functional groups attached to an aromatic ring is 1. The topological polar surface area (TPSA) is 74.2 Å². The third kappa shape index (κ3) is 2.33. The number of nitrogens with zero attached hydrogens (tertiary/aromatic N) is 2. The monoisotopic (exact) mass is 281 g/mol. The van der Waals surface area contributed by atoms with Crippen LogP contribution in [0.5, 0.6) is 5.75 Å². The molecule has 0 fully saturated rings. The molecule has 21 heavy (non-hydrogen) atoms. The highest BCUT2D eigenvalue weighted by molar-refractivity contribution is 5.74. The minimum atomic E-state index is 0.400. The van der Waals surface area contributed by atoms with E-state index in [0.717, 1.165) is 16.7 Å². The Kier molecular flexibility index (Phi) is 3.31. The maximum Gasteiger partial charge on any atom is 0.260 e. The van der Waals surface area contributed by atoms with Gasteiger partial charge < -0.3 is 15.0 Å². The van der Waals surface area contributed by atoms with Crippen LogP contribution in [-0.2, 0) is 0 Å². The lowest BCUT2D eigenvalue weighted by Gasteiger charge is -2.04. The third-order valence-corrected chi connectivity index (χ3v) is 3.33. The zero-order chi connectivity index (χ0) is 14.8. The SMILES string of the molecule is COc1ccccc1-c1noc(-c2cccc(C)c2N)n1.